The summed E-state index contributed by atoms with van der Waals surface area (Å²) in [6, 6.07) is 10.2. The van der Waals surface area contributed by atoms with Crippen molar-refractivity contribution >= 4 is 29.0 Å². The van der Waals surface area contributed by atoms with Crippen molar-refractivity contribution in [3.8, 4) is 0 Å². The Balaban J connectivity index is 1.74. The van der Waals surface area contributed by atoms with E-state index in [1.807, 2.05) is 37.4 Å². The Morgan fingerprint density at radius 3 is 2.80 bits per heavy atom. The minimum absolute atomic E-state index is 0.0683. The number of carbonyl (C=O) groups excluding carboxylic acids is 1. The number of benzene rings is 1. The molecular formula is C15H18N2OS2. The first-order valence-corrected chi connectivity index (χ1v) is 8.31. The van der Waals surface area contributed by atoms with Crippen molar-refractivity contribution in [2.24, 2.45) is 0 Å². The fraction of sp³-hybridized carbons (Fsp3) is 0.333. The van der Waals surface area contributed by atoms with Gasteiger partial charge in [0.1, 0.15) is 0 Å². The topological polar surface area (TPSA) is 42.0 Å². The highest BCUT2D eigenvalue weighted by molar-refractivity contribution is 8.02. The maximum Gasteiger partial charge on any atom is 0.233 e. The number of aromatic nitrogens is 1. The van der Waals surface area contributed by atoms with Gasteiger partial charge in [0.2, 0.25) is 5.91 Å². The van der Waals surface area contributed by atoms with Gasteiger partial charge in [0.15, 0.2) is 4.34 Å². The predicted molar refractivity (Wildman–Crippen MR) is 85.3 cm³/mol. The van der Waals surface area contributed by atoms with Crippen LogP contribution in [0.2, 0.25) is 0 Å². The lowest BCUT2D eigenvalue weighted by atomic mass is 10.1. The number of nitrogens with zero attached hydrogens (tertiary/aromatic N) is 1. The van der Waals surface area contributed by atoms with Crippen molar-refractivity contribution in [2.45, 2.75) is 29.9 Å². The number of hydrogen-bond acceptors (Lipinski definition) is 4. The minimum Gasteiger partial charge on any atom is -0.355 e. The zero-order valence-electron chi connectivity index (χ0n) is 11.6. The van der Waals surface area contributed by atoms with E-state index in [9.17, 15) is 4.79 Å². The Hall–Kier alpha value is -1.33. The molecule has 0 saturated carbocycles. The first-order valence-electron chi connectivity index (χ1n) is 6.55. The molecule has 1 heterocycles. The summed E-state index contributed by atoms with van der Waals surface area (Å²) in [4.78, 5) is 16.4. The van der Waals surface area contributed by atoms with Gasteiger partial charge in [-0.2, -0.15) is 0 Å². The Morgan fingerprint density at radius 1 is 1.40 bits per heavy atom. The molecule has 0 unspecified atom stereocenters. The Bertz CT molecular complexity index is 554. The lowest BCUT2D eigenvalue weighted by Gasteiger charge is -2.10. The third-order valence-electron chi connectivity index (χ3n) is 2.80. The van der Waals surface area contributed by atoms with Crippen LogP contribution < -0.4 is 5.32 Å². The monoisotopic (exact) mass is 306 g/mol. The fourth-order valence-electron chi connectivity index (χ4n) is 1.71. The predicted octanol–water partition coefficient (Wildman–Crippen LogP) is 3.29. The van der Waals surface area contributed by atoms with E-state index in [1.165, 1.54) is 17.3 Å². The molecule has 20 heavy (non-hydrogen) atoms. The molecule has 1 aromatic carbocycles. The Morgan fingerprint density at radius 2 is 2.15 bits per heavy atom. The standard InChI is InChI=1S/C15H18N2OS2/c1-11-10-19-15(17-11)20-12(2)14(18)16-9-8-13-6-4-3-5-7-13/h3-7,10,12H,8-9H2,1-2H3,(H,16,18)/t12-/m0/s1. The molecule has 1 aromatic heterocycles. The maximum atomic E-state index is 12.0. The molecule has 2 aromatic rings. The molecule has 0 saturated heterocycles. The van der Waals surface area contributed by atoms with Crippen LogP contribution in [0.3, 0.4) is 0 Å². The van der Waals surface area contributed by atoms with Crippen molar-refractivity contribution < 1.29 is 4.79 Å². The molecule has 0 aliphatic heterocycles. The van der Waals surface area contributed by atoms with Crippen LogP contribution in [-0.4, -0.2) is 22.7 Å². The molecule has 1 amide bonds. The fourth-order valence-corrected chi connectivity index (χ4v) is 3.72. The summed E-state index contributed by atoms with van der Waals surface area (Å²) in [5.41, 5.74) is 2.25. The number of thiazole rings is 1. The van der Waals surface area contributed by atoms with Gasteiger partial charge in [-0.1, -0.05) is 42.1 Å². The summed E-state index contributed by atoms with van der Waals surface area (Å²) in [7, 11) is 0. The van der Waals surface area contributed by atoms with E-state index in [0.717, 1.165) is 16.5 Å². The molecule has 0 fully saturated rings. The summed E-state index contributed by atoms with van der Waals surface area (Å²) in [5.74, 6) is 0.0683. The zero-order valence-corrected chi connectivity index (χ0v) is 13.3. The largest absolute Gasteiger partial charge is 0.355 e. The summed E-state index contributed by atoms with van der Waals surface area (Å²) >= 11 is 3.10. The van der Waals surface area contributed by atoms with Gasteiger partial charge in [-0.15, -0.1) is 11.3 Å². The molecular weight excluding hydrogens is 288 g/mol. The van der Waals surface area contributed by atoms with Crippen molar-refractivity contribution in [3.63, 3.8) is 0 Å². The van der Waals surface area contributed by atoms with E-state index in [1.54, 1.807) is 11.3 Å². The van der Waals surface area contributed by atoms with Crippen LogP contribution in [-0.2, 0) is 11.2 Å². The van der Waals surface area contributed by atoms with E-state index in [2.05, 4.69) is 22.4 Å². The number of rotatable bonds is 6. The number of hydrogen-bond donors (Lipinski definition) is 1. The van der Waals surface area contributed by atoms with Gasteiger partial charge in [0.25, 0.3) is 0 Å². The van der Waals surface area contributed by atoms with Crippen LogP contribution in [0.15, 0.2) is 40.1 Å². The second-order valence-electron chi connectivity index (χ2n) is 4.54. The molecule has 0 bridgehead atoms. The molecule has 2 rings (SSSR count). The van der Waals surface area contributed by atoms with Gasteiger partial charge in [-0.3, -0.25) is 4.79 Å². The van der Waals surface area contributed by atoms with E-state index < -0.39 is 0 Å². The second kappa shape index (κ2) is 7.45. The van der Waals surface area contributed by atoms with Crippen molar-refractivity contribution in [2.75, 3.05) is 6.54 Å². The van der Waals surface area contributed by atoms with E-state index in [0.29, 0.717) is 6.54 Å². The quantitative estimate of drug-likeness (QED) is 0.833. The molecule has 0 aliphatic rings. The second-order valence-corrected chi connectivity index (χ2v) is 6.99. The molecule has 3 nitrogen and oxygen atoms in total. The van der Waals surface area contributed by atoms with Crippen molar-refractivity contribution in [1.29, 1.82) is 0 Å². The average Bonchev–Trinajstić information content (AvgIpc) is 2.85. The van der Waals surface area contributed by atoms with Crippen LogP contribution in [0, 0.1) is 6.92 Å². The lowest BCUT2D eigenvalue weighted by Crippen LogP contribution is -2.32. The van der Waals surface area contributed by atoms with Crippen LogP contribution in [0.1, 0.15) is 18.2 Å². The highest BCUT2D eigenvalue weighted by Gasteiger charge is 2.15. The maximum absolute atomic E-state index is 12.0. The Kier molecular flexibility index (Phi) is 5.61. The van der Waals surface area contributed by atoms with E-state index in [-0.39, 0.29) is 11.2 Å². The summed E-state index contributed by atoms with van der Waals surface area (Å²) < 4.78 is 0.952. The number of carbonyl (C=O) groups is 1. The lowest BCUT2D eigenvalue weighted by molar-refractivity contribution is -0.120. The van der Waals surface area contributed by atoms with Crippen LogP contribution in [0.25, 0.3) is 0 Å². The smallest absolute Gasteiger partial charge is 0.233 e. The van der Waals surface area contributed by atoms with Gasteiger partial charge in [0.05, 0.1) is 5.25 Å². The van der Waals surface area contributed by atoms with E-state index >= 15 is 0 Å². The van der Waals surface area contributed by atoms with Gasteiger partial charge in [-0.25, -0.2) is 4.98 Å². The molecule has 0 aliphatic carbocycles. The minimum atomic E-state index is -0.115. The first-order chi connectivity index (χ1) is 9.65. The molecule has 1 N–H and O–H groups in total. The zero-order chi connectivity index (χ0) is 14.4. The summed E-state index contributed by atoms with van der Waals surface area (Å²) in [5, 5.41) is 4.86. The Labute approximate surface area is 127 Å². The van der Waals surface area contributed by atoms with Gasteiger partial charge in [-0.05, 0) is 25.8 Å². The third-order valence-corrected chi connectivity index (χ3v) is 4.99. The van der Waals surface area contributed by atoms with E-state index in [4.69, 9.17) is 0 Å². The van der Waals surface area contributed by atoms with Crippen LogP contribution in [0.4, 0.5) is 0 Å². The molecule has 0 radical (unpaired) electrons. The number of thioether (sulfide) groups is 1. The van der Waals surface area contributed by atoms with Crippen molar-refractivity contribution in [3.05, 3.63) is 47.0 Å². The first kappa shape index (κ1) is 15.1. The van der Waals surface area contributed by atoms with Gasteiger partial charge >= 0.3 is 0 Å². The molecule has 5 heteroatoms. The molecule has 106 valence electrons. The summed E-state index contributed by atoms with van der Waals surface area (Å²) in [6.45, 7) is 4.55. The van der Waals surface area contributed by atoms with Crippen LogP contribution >= 0.6 is 23.1 Å². The van der Waals surface area contributed by atoms with Crippen molar-refractivity contribution in [1.82, 2.24) is 10.3 Å². The molecule has 0 spiro atoms. The average molecular weight is 306 g/mol. The third kappa shape index (κ3) is 4.65. The SMILES string of the molecule is Cc1csc(S[C@@H](C)C(=O)NCCc2ccccc2)n1. The normalized spacial score (nSPS) is 12.1. The van der Waals surface area contributed by atoms with Gasteiger partial charge in [0, 0.05) is 17.6 Å². The number of nitrogens with one attached hydrogen (secondary N) is 1. The highest BCUT2D eigenvalue weighted by Crippen LogP contribution is 2.26. The number of amides is 1. The van der Waals surface area contributed by atoms with Gasteiger partial charge < -0.3 is 5.32 Å². The number of aryl methyl sites for hydroxylation is 1. The summed E-state index contributed by atoms with van der Waals surface area (Å²) in [6.07, 6.45) is 0.861. The van der Waals surface area contributed by atoms with Crippen LogP contribution in [0.5, 0.6) is 0 Å². The highest BCUT2D eigenvalue weighted by atomic mass is 32.2. The molecule has 1 atom stereocenters.